The molecule has 0 aromatic heterocycles. The Morgan fingerprint density at radius 2 is 1.85 bits per heavy atom. The Morgan fingerprint density at radius 1 is 1.30 bits per heavy atom. The number of rotatable bonds is 5. The molecule has 0 fully saturated rings. The maximum absolute atomic E-state index is 11.5. The highest BCUT2D eigenvalue weighted by Crippen LogP contribution is 2.24. The minimum atomic E-state index is -0.163. The van der Waals surface area contributed by atoms with E-state index in [0.29, 0.717) is 12.5 Å². The van der Waals surface area contributed by atoms with Crippen molar-refractivity contribution in [3.05, 3.63) is 35.4 Å². The molecule has 1 rings (SSSR count). The summed E-state index contributed by atoms with van der Waals surface area (Å²) in [5.74, 6) is 5.00. The monoisotopic (exact) mass is 277 g/mol. The highest BCUT2D eigenvalue weighted by atomic mass is 16.2. The number of hydrogen-bond donors (Lipinski definition) is 2. The third-order valence-corrected chi connectivity index (χ3v) is 3.96. The van der Waals surface area contributed by atoms with Crippen molar-refractivity contribution < 1.29 is 4.79 Å². The van der Waals surface area contributed by atoms with Crippen LogP contribution in [0.25, 0.3) is 0 Å². The summed E-state index contributed by atoms with van der Waals surface area (Å²) >= 11 is 0. The van der Waals surface area contributed by atoms with Crippen LogP contribution in [0.3, 0.4) is 0 Å². The van der Waals surface area contributed by atoms with E-state index in [1.165, 1.54) is 5.56 Å². The number of carbonyl (C=O) groups is 1. The van der Waals surface area contributed by atoms with Crippen LogP contribution < -0.4 is 11.3 Å². The lowest BCUT2D eigenvalue weighted by Crippen LogP contribution is -2.39. The van der Waals surface area contributed by atoms with E-state index in [-0.39, 0.29) is 11.3 Å². The number of hydrazine groups is 1. The largest absolute Gasteiger partial charge is 0.299 e. The Morgan fingerprint density at radius 3 is 2.35 bits per heavy atom. The van der Waals surface area contributed by atoms with Gasteiger partial charge in [-0.15, -0.1) is 0 Å². The Labute approximate surface area is 122 Å². The summed E-state index contributed by atoms with van der Waals surface area (Å²) in [6, 6.07) is 8.47. The van der Waals surface area contributed by atoms with Gasteiger partial charge >= 0.3 is 0 Å². The van der Waals surface area contributed by atoms with Crippen molar-refractivity contribution in [2.24, 2.45) is 11.3 Å². The van der Waals surface area contributed by atoms with E-state index in [2.05, 4.69) is 51.1 Å². The third kappa shape index (κ3) is 4.62. The van der Waals surface area contributed by atoms with Gasteiger partial charge in [0.1, 0.15) is 0 Å². The van der Waals surface area contributed by atoms with Gasteiger partial charge in [0.05, 0.1) is 6.42 Å². The molecule has 0 heterocycles. The number of nitrogens with two attached hydrogens (primary N) is 1. The van der Waals surface area contributed by atoms with E-state index >= 15 is 0 Å². The van der Waals surface area contributed by atoms with Crippen molar-refractivity contribution in [3.63, 3.8) is 0 Å². The summed E-state index contributed by atoms with van der Waals surface area (Å²) in [7, 11) is 2.12. The number of nitrogens with one attached hydrogen (secondary N) is 1. The summed E-state index contributed by atoms with van der Waals surface area (Å²) in [4.78, 5) is 13.8. The number of nitrogens with zero attached hydrogens (tertiary/aromatic N) is 1. The Balaban J connectivity index is 2.84. The topological polar surface area (TPSA) is 58.4 Å². The molecule has 0 radical (unpaired) electrons. The molecule has 112 valence electrons. The minimum absolute atomic E-state index is 0.163. The number of hydrogen-bond acceptors (Lipinski definition) is 3. The van der Waals surface area contributed by atoms with Crippen LogP contribution in [0.1, 0.15) is 38.8 Å². The molecular weight excluding hydrogens is 250 g/mol. The van der Waals surface area contributed by atoms with Crippen molar-refractivity contribution in [3.8, 4) is 0 Å². The van der Waals surface area contributed by atoms with Gasteiger partial charge in [-0.3, -0.25) is 15.1 Å². The molecule has 0 aliphatic rings. The van der Waals surface area contributed by atoms with Crippen LogP contribution in [-0.2, 0) is 17.8 Å². The lowest BCUT2D eigenvalue weighted by atomic mass is 9.87. The van der Waals surface area contributed by atoms with Gasteiger partial charge in [-0.05, 0) is 30.5 Å². The SMILES string of the molecule is CC(N(C)Cc1ccccc1CC(=O)NN)C(C)(C)C. The standard InChI is InChI=1S/C16H27N3O/c1-12(16(2,3)4)19(5)11-14-9-7-6-8-13(14)10-15(20)18-17/h6-9,12H,10-11,17H2,1-5H3,(H,18,20). The number of benzene rings is 1. The van der Waals surface area contributed by atoms with Gasteiger partial charge in [-0.2, -0.15) is 0 Å². The van der Waals surface area contributed by atoms with E-state index in [4.69, 9.17) is 5.84 Å². The Kier molecular flexibility index (Phi) is 5.72. The average Bonchev–Trinajstić information content (AvgIpc) is 2.38. The van der Waals surface area contributed by atoms with Gasteiger partial charge in [0.15, 0.2) is 0 Å². The molecule has 0 bridgehead atoms. The maximum atomic E-state index is 11.5. The lowest BCUT2D eigenvalue weighted by Gasteiger charge is -2.35. The van der Waals surface area contributed by atoms with Gasteiger partial charge in [0.25, 0.3) is 0 Å². The summed E-state index contributed by atoms with van der Waals surface area (Å²) in [6.07, 6.45) is 0.324. The molecule has 4 heteroatoms. The van der Waals surface area contributed by atoms with Crippen LogP contribution in [0.5, 0.6) is 0 Å². The minimum Gasteiger partial charge on any atom is -0.299 e. The predicted molar refractivity (Wildman–Crippen MR) is 82.9 cm³/mol. The second kappa shape index (κ2) is 6.86. The van der Waals surface area contributed by atoms with Crippen LogP contribution in [0.2, 0.25) is 0 Å². The zero-order chi connectivity index (χ0) is 15.3. The van der Waals surface area contributed by atoms with Crippen molar-refractivity contribution in [2.45, 2.75) is 46.7 Å². The summed E-state index contributed by atoms with van der Waals surface area (Å²) in [5.41, 5.74) is 4.62. The fourth-order valence-electron chi connectivity index (χ4n) is 2.17. The van der Waals surface area contributed by atoms with Crippen LogP contribution in [-0.4, -0.2) is 23.9 Å². The van der Waals surface area contributed by atoms with Crippen molar-refractivity contribution in [2.75, 3.05) is 7.05 Å². The van der Waals surface area contributed by atoms with Crippen LogP contribution in [0.15, 0.2) is 24.3 Å². The van der Waals surface area contributed by atoms with E-state index in [1.807, 2.05) is 18.2 Å². The highest BCUT2D eigenvalue weighted by molar-refractivity contribution is 5.78. The molecule has 20 heavy (non-hydrogen) atoms. The first kappa shape index (κ1) is 16.7. The molecule has 1 aromatic carbocycles. The van der Waals surface area contributed by atoms with Crippen molar-refractivity contribution in [1.82, 2.24) is 10.3 Å². The average molecular weight is 277 g/mol. The first-order valence-corrected chi connectivity index (χ1v) is 7.02. The third-order valence-electron chi connectivity index (χ3n) is 3.96. The quantitative estimate of drug-likeness (QED) is 0.492. The lowest BCUT2D eigenvalue weighted by molar-refractivity contribution is -0.120. The fourth-order valence-corrected chi connectivity index (χ4v) is 2.17. The number of carbonyl (C=O) groups excluding carboxylic acids is 1. The van der Waals surface area contributed by atoms with Crippen molar-refractivity contribution in [1.29, 1.82) is 0 Å². The summed E-state index contributed by atoms with van der Waals surface area (Å²) < 4.78 is 0. The molecule has 3 N–H and O–H groups in total. The Hall–Kier alpha value is -1.39. The van der Waals surface area contributed by atoms with Crippen LogP contribution in [0.4, 0.5) is 0 Å². The molecular formula is C16H27N3O. The summed E-state index contributed by atoms with van der Waals surface area (Å²) in [6.45, 7) is 9.77. The molecule has 1 aromatic rings. The second-order valence-electron chi connectivity index (χ2n) is 6.47. The molecule has 0 aliphatic carbocycles. The normalized spacial score (nSPS) is 13.3. The van der Waals surface area contributed by atoms with Crippen LogP contribution in [0, 0.1) is 5.41 Å². The maximum Gasteiger partial charge on any atom is 0.238 e. The van der Waals surface area contributed by atoms with Crippen molar-refractivity contribution >= 4 is 5.91 Å². The molecule has 1 unspecified atom stereocenters. The fraction of sp³-hybridized carbons (Fsp3) is 0.562. The van der Waals surface area contributed by atoms with Gasteiger partial charge in [0, 0.05) is 12.6 Å². The zero-order valence-corrected chi connectivity index (χ0v) is 13.2. The van der Waals surface area contributed by atoms with Gasteiger partial charge in [-0.25, -0.2) is 5.84 Å². The second-order valence-corrected chi connectivity index (χ2v) is 6.47. The first-order chi connectivity index (χ1) is 9.25. The zero-order valence-electron chi connectivity index (χ0n) is 13.2. The molecule has 0 aliphatic heterocycles. The molecule has 1 atom stereocenters. The van der Waals surface area contributed by atoms with Gasteiger partial charge in [-0.1, -0.05) is 45.0 Å². The van der Waals surface area contributed by atoms with Gasteiger partial charge in [0.2, 0.25) is 5.91 Å². The Bertz CT molecular complexity index is 451. The predicted octanol–water partition coefficient (Wildman–Crippen LogP) is 2.09. The molecule has 4 nitrogen and oxygen atoms in total. The molecule has 0 saturated heterocycles. The molecule has 1 amide bonds. The van der Waals surface area contributed by atoms with Gasteiger partial charge < -0.3 is 0 Å². The number of amides is 1. The first-order valence-electron chi connectivity index (χ1n) is 7.02. The summed E-state index contributed by atoms with van der Waals surface area (Å²) in [5, 5.41) is 0. The van der Waals surface area contributed by atoms with E-state index in [0.717, 1.165) is 12.1 Å². The van der Waals surface area contributed by atoms with E-state index in [1.54, 1.807) is 0 Å². The smallest absolute Gasteiger partial charge is 0.238 e. The van der Waals surface area contributed by atoms with E-state index in [9.17, 15) is 4.79 Å². The molecule has 0 spiro atoms. The van der Waals surface area contributed by atoms with E-state index < -0.39 is 0 Å². The highest BCUT2D eigenvalue weighted by Gasteiger charge is 2.24. The van der Waals surface area contributed by atoms with Crippen LogP contribution >= 0.6 is 0 Å². The molecule has 0 saturated carbocycles.